The fourth-order valence-electron chi connectivity index (χ4n) is 2.75. The van der Waals surface area contributed by atoms with Crippen molar-refractivity contribution < 1.29 is 14.6 Å². The molecule has 0 unspecified atom stereocenters. The van der Waals surface area contributed by atoms with Gasteiger partial charge in [-0.05, 0) is 23.6 Å². The molecule has 0 aliphatic heterocycles. The van der Waals surface area contributed by atoms with E-state index in [0.717, 1.165) is 5.56 Å². The van der Waals surface area contributed by atoms with E-state index in [1.165, 1.54) is 5.56 Å². The number of nitrogens with zero attached hydrogens (tertiary/aromatic N) is 1. The fourth-order valence-corrected chi connectivity index (χ4v) is 2.75. The molecule has 0 aliphatic carbocycles. The van der Waals surface area contributed by atoms with Crippen LogP contribution in [-0.4, -0.2) is 23.2 Å². The largest absolute Gasteiger partial charge is 0.494 e. The predicted octanol–water partition coefficient (Wildman–Crippen LogP) is 4.73. The number of rotatable bonds is 4. The van der Waals surface area contributed by atoms with Crippen LogP contribution >= 0.6 is 0 Å². The molecule has 0 fully saturated rings. The minimum atomic E-state index is -0.976. The predicted molar refractivity (Wildman–Crippen MR) is 94.8 cm³/mol. The zero-order valence-corrected chi connectivity index (χ0v) is 13.9. The first-order valence-corrected chi connectivity index (χ1v) is 7.82. The van der Waals surface area contributed by atoms with Gasteiger partial charge in [0.15, 0.2) is 0 Å². The molecule has 24 heavy (non-hydrogen) atoms. The average Bonchev–Trinajstić information content (AvgIpc) is 2.60. The van der Waals surface area contributed by atoms with Crippen molar-refractivity contribution >= 4 is 16.9 Å². The first kappa shape index (κ1) is 16.0. The fraction of sp³-hybridized carbons (Fsp3) is 0.200. The number of pyridine rings is 1. The molecule has 1 aromatic heterocycles. The van der Waals surface area contributed by atoms with E-state index >= 15 is 0 Å². The van der Waals surface area contributed by atoms with Crippen LogP contribution in [0, 0.1) is 0 Å². The quantitative estimate of drug-likeness (QED) is 0.754. The molecule has 3 rings (SSSR count). The molecular formula is C20H19NO3. The SMILES string of the molecule is COc1cccc2c(C(=O)O)cc(-c3ccc(C(C)C)cc3)nc12. The summed E-state index contributed by atoms with van der Waals surface area (Å²) in [5.41, 5.74) is 3.52. The van der Waals surface area contributed by atoms with Crippen molar-refractivity contribution in [1.82, 2.24) is 4.98 Å². The maximum Gasteiger partial charge on any atom is 0.336 e. The molecule has 1 heterocycles. The number of aromatic nitrogens is 1. The zero-order chi connectivity index (χ0) is 17.3. The van der Waals surface area contributed by atoms with Crippen LogP contribution in [0.2, 0.25) is 0 Å². The molecule has 0 bridgehead atoms. The Morgan fingerprint density at radius 1 is 1.12 bits per heavy atom. The Balaban J connectivity index is 2.23. The van der Waals surface area contributed by atoms with Crippen molar-refractivity contribution in [2.45, 2.75) is 19.8 Å². The number of carboxylic acid groups (broad SMARTS) is 1. The normalized spacial score (nSPS) is 11.0. The van der Waals surface area contributed by atoms with Gasteiger partial charge in [-0.25, -0.2) is 9.78 Å². The van der Waals surface area contributed by atoms with Gasteiger partial charge in [-0.15, -0.1) is 0 Å². The lowest BCUT2D eigenvalue weighted by Gasteiger charge is -2.11. The average molecular weight is 321 g/mol. The van der Waals surface area contributed by atoms with Crippen molar-refractivity contribution in [3.05, 3.63) is 59.7 Å². The molecule has 0 atom stereocenters. The standard InChI is InChI=1S/C20H19NO3/c1-12(2)13-7-9-14(10-8-13)17-11-16(20(22)23)15-5-4-6-18(24-3)19(15)21-17/h4-12H,1-3H3,(H,22,23). The first-order valence-electron chi connectivity index (χ1n) is 7.82. The molecule has 3 aromatic rings. The molecule has 0 saturated carbocycles. The molecule has 0 aliphatic rings. The molecule has 0 saturated heterocycles. The topological polar surface area (TPSA) is 59.4 Å². The van der Waals surface area contributed by atoms with Gasteiger partial charge < -0.3 is 9.84 Å². The van der Waals surface area contributed by atoms with Crippen LogP contribution in [0.1, 0.15) is 35.7 Å². The molecule has 122 valence electrons. The Labute approximate surface area is 140 Å². The number of benzene rings is 2. The lowest BCUT2D eigenvalue weighted by molar-refractivity contribution is 0.0699. The summed E-state index contributed by atoms with van der Waals surface area (Å²) in [4.78, 5) is 16.3. The molecule has 0 amide bonds. The van der Waals surface area contributed by atoms with Crippen LogP contribution in [0.4, 0.5) is 0 Å². The Morgan fingerprint density at radius 2 is 1.83 bits per heavy atom. The third-order valence-electron chi connectivity index (χ3n) is 4.13. The Morgan fingerprint density at radius 3 is 2.42 bits per heavy atom. The van der Waals surface area contributed by atoms with E-state index in [9.17, 15) is 9.90 Å². The maximum absolute atomic E-state index is 11.7. The number of fused-ring (bicyclic) bond motifs is 1. The molecule has 4 heteroatoms. The molecule has 4 nitrogen and oxygen atoms in total. The van der Waals surface area contributed by atoms with Crippen LogP contribution in [-0.2, 0) is 0 Å². The van der Waals surface area contributed by atoms with Gasteiger partial charge in [0.2, 0.25) is 0 Å². The van der Waals surface area contributed by atoms with Crippen LogP contribution in [0.3, 0.4) is 0 Å². The minimum Gasteiger partial charge on any atom is -0.494 e. The Kier molecular flexibility index (Phi) is 4.21. The second kappa shape index (κ2) is 6.32. The van der Waals surface area contributed by atoms with Crippen LogP contribution in [0.25, 0.3) is 22.2 Å². The number of ether oxygens (including phenoxy) is 1. The monoisotopic (exact) mass is 321 g/mol. The van der Waals surface area contributed by atoms with Crippen molar-refractivity contribution in [3.8, 4) is 17.0 Å². The summed E-state index contributed by atoms with van der Waals surface area (Å²) in [5, 5.41) is 10.1. The smallest absolute Gasteiger partial charge is 0.336 e. The highest BCUT2D eigenvalue weighted by Gasteiger charge is 2.15. The lowest BCUT2D eigenvalue weighted by Crippen LogP contribution is -2.01. The summed E-state index contributed by atoms with van der Waals surface area (Å²) in [6.45, 7) is 4.27. The molecule has 0 spiro atoms. The van der Waals surface area contributed by atoms with Crippen molar-refractivity contribution in [3.63, 3.8) is 0 Å². The van der Waals surface area contributed by atoms with Crippen LogP contribution in [0.15, 0.2) is 48.5 Å². The van der Waals surface area contributed by atoms with Gasteiger partial charge in [0.1, 0.15) is 11.3 Å². The van der Waals surface area contributed by atoms with Crippen LogP contribution in [0.5, 0.6) is 5.75 Å². The third-order valence-corrected chi connectivity index (χ3v) is 4.13. The highest BCUT2D eigenvalue weighted by atomic mass is 16.5. The van der Waals surface area contributed by atoms with E-state index < -0.39 is 5.97 Å². The minimum absolute atomic E-state index is 0.224. The second-order valence-electron chi connectivity index (χ2n) is 5.99. The number of hydrogen-bond donors (Lipinski definition) is 1. The number of carboxylic acids is 1. The summed E-state index contributed by atoms with van der Waals surface area (Å²) >= 11 is 0. The number of carbonyl (C=O) groups is 1. The van der Waals surface area contributed by atoms with E-state index in [1.807, 2.05) is 12.1 Å². The van der Waals surface area contributed by atoms with Gasteiger partial charge in [0, 0.05) is 10.9 Å². The van der Waals surface area contributed by atoms with E-state index in [-0.39, 0.29) is 5.56 Å². The second-order valence-corrected chi connectivity index (χ2v) is 5.99. The summed E-state index contributed by atoms with van der Waals surface area (Å²) in [7, 11) is 1.56. The molecular weight excluding hydrogens is 302 g/mol. The number of para-hydroxylation sites is 1. The summed E-state index contributed by atoms with van der Waals surface area (Å²) in [6.07, 6.45) is 0. The number of hydrogen-bond acceptors (Lipinski definition) is 3. The number of aromatic carboxylic acids is 1. The van der Waals surface area contributed by atoms with Crippen LogP contribution < -0.4 is 4.74 Å². The van der Waals surface area contributed by atoms with E-state index in [4.69, 9.17) is 4.74 Å². The van der Waals surface area contributed by atoms with Crippen molar-refractivity contribution in [1.29, 1.82) is 0 Å². The zero-order valence-electron chi connectivity index (χ0n) is 13.9. The Hall–Kier alpha value is -2.88. The molecule has 1 N–H and O–H groups in total. The first-order chi connectivity index (χ1) is 11.5. The Bertz CT molecular complexity index is 899. The third kappa shape index (κ3) is 2.83. The van der Waals surface area contributed by atoms with Gasteiger partial charge >= 0.3 is 5.97 Å². The highest BCUT2D eigenvalue weighted by molar-refractivity contribution is 6.05. The summed E-state index contributed by atoms with van der Waals surface area (Å²) in [6, 6.07) is 15.0. The van der Waals surface area contributed by atoms with Gasteiger partial charge in [-0.1, -0.05) is 50.2 Å². The van der Waals surface area contributed by atoms with Gasteiger partial charge in [0.05, 0.1) is 18.4 Å². The number of methoxy groups -OCH3 is 1. The van der Waals surface area contributed by atoms with E-state index in [1.54, 1.807) is 31.4 Å². The lowest BCUT2D eigenvalue weighted by atomic mass is 9.99. The molecule has 2 aromatic carbocycles. The summed E-state index contributed by atoms with van der Waals surface area (Å²) in [5.74, 6) is 0.0321. The van der Waals surface area contributed by atoms with Crippen molar-refractivity contribution in [2.24, 2.45) is 0 Å². The van der Waals surface area contributed by atoms with E-state index in [0.29, 0.717) is 28.3 Å². The van der Waals surface area contributed by atoms with Gasteiger partial charge in [0.25, 0.3) is 0 Å². The van der Waals surface area contributed by atoms with Gasteiger partial charge in [-0.2, -0.15) is 0 Å². The van der Waals surface area contributed by atoms with Gasteiger partial charge in [-0.3, -0.25) is 0 Å². The van der Waals surface area contributed by atoms with Crippen molar-refractivity contribution in [2.75, 3.05) is 7.11 Å². The highest BCUT2D eigenvalue weighted by Crippen LogP contribution is 2.31. The maximum atomic E-state index is 11.7. The van der Waals surface area contributed by atoms with E-state index in [2.05, 4.69) is 31.0 Å². The summed E-state index contributed by atoms with van der Waals surface area (Å²) < 4.78 is 5.35. The molecule has 0 radical (unpaired) electrons.